The molecule has 0 amide bonds. The fourth-order valence-corrected chi connectivity index (χ4v) is 6.01. The van der Waals surface area contributed by atoms with Gasteiger partial charge in [-0.3, -0.25) is 0 Å². The molecule has 4 aromatic carbocycles. The highest BCUT2D eigenvalue weighted by atomic mass is 16.6. The highest BCUT2D eigenvalue weighted by Gasteiger charge is 2.46. The summed E-state index contributed by atoms with van der Waals surface area (Å²) in [4.78, 5) is 27.3. The summed E-state index contributed by atoms with van der Waals surface area (Å²) in [6.07, 6.45) is -1.42. The quantitative estimate of drug-likeness (QED) is 0.212. The monoisotopic (exact) mass is 560 g/mol. The van der Waals surface area contributed by atoms with Crippen LogP contribution in [0.25, 0.3) is 0 Å². The van der Waals surface area contributed by atoms with E-state index >= 15 is 0 Å². The topological polar surface area (TPSA) is 52.6 Å². The molecule has 0 aromatic heterocycles. The molecule has 4 aromatic rings. The molecule has 0 radical (unpaired) electrons. The summed E-state index contributed by atoms with van der Waals surface area (Å²) in [7, 11) is 0. The van der Waals surface area contributed by atoms with Gasteiger partial charge >= 0.3 is 11.9 Å². The minimum atomic E-state index is -0.729. The predicted molar refractivity (Wildman–Crippen MR) is 167 cm³/mol. The van der Waals surface area contributed by atoms with Gasteiger partial charge in [0.25, 0.3) is 0 Å². The van der Waals surface area contributed by atoms with Crippen LogP contribution in [0.4, 0.5) is 0 Å². The minimum absolute atomic E-state index is 0.193. The molecule has 0 aliphatic heterocycles. The van der Waals surface area contributed by atoms with E-state index in [1.165, 1.54) is 0 Å². The zero-order valence-electron chi connectivity index (χ0n) is 25.3. The third kappa shape index (κ3) is 5.90. The van der Waals surface area contributed by atoms with E-state index < -0.39 is 24.1 Å². The Morgan fingerprint density at radius 1 is 0.571 bits per heavy atom. The number of hydrogen-bond donors (Lipinski definition) is 0. The molecule has 1 aliphatic carbocycles. The highest BCUT2D eigenvalue weighted by molar-refractivity contribution is 5.90. The number of benzene rings is 4. The number of ether oxygens (including phenoxy) is 2. The molecule has 0 saturated heterocycles. The van der Waals surface area contributed by atoms with Crippen molar-refractivity contribution in [3.8, 4) is 0 Å². The second-order valence-corrected chi connectivity index (χ2v) is 12.0. The van der Waals surface area contributed by atoms with Gasteiger partial charge in [-0.2, -0.15) is 0 Å². The Morgan fingerprint density at radius 2 is 1.00 bits per heavy atom. The molecule has 216 valence electrons. The van der Waals surface area contributed by atoms with Crippen LogP contribution >= 0.6 is 0 Å². The Hall–Kier alpha value is -4.18. The number of hydrogen-bond acceptors (Lipinski definition) is 4. The first-order valence-corrected chi connectivity index (χ1v) is 14.9. The summed E-state index contributed by atoms with van der Waals surface area (Å²) in [5, 5.41) is 0. The number of aryl methyl sites for hydroxylation is 1. The zero-order valence-corrected chi connectivity index (χ0v) is 25.3. The minimum Gasteiger partial charge on any atom is -0.454 e. The van der Waals surface area contributed by atoms with Gasteiger partial charge in [0, 0.05) is 5.92 Å². The van der Waals surface area contributed by atoms with E-state index in [-0.39, 0.29) is 11.8 Å². The van der Waals surface area contributed by atoms with Gasteiger partial charge in [-0.15, -0.1) is 0 Å². The van der Waals surface area contributed by atoms with Gasteiger partial charge in [-0.05, 0) is 76.4 Å². The molecule has 42 heavy (non-hydrogen) atoms. The predicted octanol–water partition coefficient (Wildman–Crippen LogP) is 8.94. The van der Waals surface area contributed by atoms with Gasteiger partial charge < -0.3 is 9.47 Å². The van der Waals surface area contributed by atoms with Crippen LogP contribution in [-0.2, 0) is 9.47 Å². The van der Waals surface area contributed by atoms with Crippen LogP contribution in [0.15, 0.2) is 97.1 Å². The standard InChI is InChI=1S/C38H40O4/c1-23(2)27-15-19-29(20-16-27)37(39)41-35-26(6)32-13-9-10-14-33(32)34(31-12-8-7-11-25(31)5)36(35)42-38(40)30-21-17-28(18-22-30)24(3)4/h7-24,26,34-36H,1-6H3/t26-,34-,35?,36?/m0/s1. The van der Waals surface area contributed by atoms with Crippen molar-refractivity contribution < 1.29 is 19.1 Å². The Labute approximate surface area is 249 Å². The number of carbonyl (C=O) groups is 2. The summed E-state index contributed by atoms with van der Waals surface area (Å²) in [6.45, 7) is 12.6. The zero-order chi connectivity index (χ0) is 30.0. The van der Waals surface area contributed by atoms with Crippen molar-refractivity contribution in [3.05, 3.63) is 142 Å². The fraction of sp³-hybridized carbons (Fsp3) is 0.316. The van der Waals surface area contributed by atoms with Crippen LogP contribution in [0.5, 0.6) is 0 Å². The van der Waals surface area contributed by atoms with E-state index in [2.05, 4.69) is 58.9 Å². The molecule has 0 N–H and O–H groups in total. The average Bonchev–Trinajstić information content (AvgIpc) is 3.00. The van der Waals surface area contributed by atoms with E-state index in [0.29, 0.717) is 23.0 Å². The molecular formula is C38H40O4. The van der Waals surface area contributed by atoms with Crippen LogP contribution in [0.1, 0.15) is 112 Å². The first kappa shape index (κ1) is 29.3. The number of esters is 2. The lowest BCUT2D eigenvalue weighted by Crippen LogP contribution is -2.46. The lowest BCUT2D eigenvalue weighted by atomic mass is 9.70. The summed E-state index contributed by atoms with van der Waals surface area (Å²) >= 11 is 0. The van der Waals surface area contributed by atoms with Crippen molar-refractivity contribution in [2.45, 2.75) is 77.4 Å². The second kappa shape index (κ2) is 12.4. The molecule has 4 atom stereocenters. The van der Waals surface area contributed by atoms with Gasteiger partial charge in [0.1, 0.15) is 6.10 Å². The summed E-state index contributed by atoms with van der Waals surface area (Å²) in [6, 6.07) is 31.5. The number of rotatable bonds is 7. The number of fused-ring (bicyclic) bond motifs is 1. The molecule has 1 aliphatic rings. The van der Waals surface area contributed by atoms with Gasteiger partial charge in [0.2, 0.25) is 0 Å². The smallest absolute Gasteiger partial charge is 0.338 e. The van der Waals surface area contributed by atoms with Crippen LogP contribution in [0.2, 0.25) is 0 Å². The largest absolute Gasteiger partial charge is 0.454 e. The highest BCUT2D eigenvalue weighted by Crippen LogP contribution is 2.46. The SMILES string of the molecule is Cc1ccccc1[C@H]1c2ccccc2[C@H](C)C(OC(=O)c2ccc(C(C)C)cc2)C1OC(=O)c1ccc(C(C)C)cc1. The third-order valence-electron chi connectivity index (χ3n) is 8.60. The Bertz CT molecular complexity index is 1550. The van der Waals surface area contributed by atoms with Crippen molar-refractivity contribution in [2.75, 3.05) is 0 Å². The fourth-order valence-electron chi connectivity index (χ4n) is 6.01. The summed E-state index contributed by atoms with van der Waals surface area (Å²) in [5.74, 6) is -0.636. The van der Waals surface area contributed by atoms with Crippen molar-refractivity contribution in [1.29, 1.82) is 0 Å². The van der Waals surface area contributed by atoms with Crippen LogP contribution < -0.4 is 0 Å². The van der Waals surface area contributed by atoms with Gasteiger partial charge in [0.15, 0.2) is 6.10 Å². The van der Waals surface area contributed by atoms with Crippen LogP contribution in [-0.4, -0.2) is 24.1 Å². The molecule has 4 nitrogen and oxygen atoms in total. The Balaban J connectivity index is 1.57. The van der Waals surface area contributed by atoms with E-state index in [1.807, 2.05) is 79.7 Å². The van der Waals surface area contributed by atoms with Crippen LogP contribution in [0, 0.1) is 6.92 Å². The lowest BCUT2D eigenvalue weighted by Gasteiger charge is -2.42. The molecular weight excluding hydrogens is 520 g/mol. The maximum atomic E-state index is 13.7. The third-order valence-corrected chi connectivity index (χ3v) is 8.60. The lowest BCUT2D eigenvalue weighted by molar-refractivity contribution is -0.0532. The molecule has 4 heteroatoms. The van der Waals surface area contributed by atoms with Crippen molar-refractivity contribution in [1.82, 2.24) is 0 Å². The maximum Gasteiger partial charge on any atom is 0.338 e. The first-order chi connectivity index (χ1) is 20.2. The van der Waals surface area contributed by atoms with Crippen LogP contribution in [0.3, 0.4) is 0 Å². The molecule has 0 heterocycles. The maximum absolute atomic E-state index is 13.7. The number of carbonyl (C=O) groups excluding carboxylic acids is 2. The average molecular weight is 561 g/mol. The molecule has 0 saturated carbocycles. The molecule has 5 rings (SSSR count). The Kier molecular flexibility index (Phi) is 8.63. The van der Waals surface area contributed by atoms with E-state index in [9.17, 15) is 9.59 Å². The molecule has 0 bridgehead atoms. The van der Waals surface area contributed by atoms with Gasteiger partial charge in [-0.25, -0.2) is 9.59 Å². The van der Waals surface area contributed by atoms with Gasteiger partial charge in [0.05, 0.1) is 17.0 Å². The van der Waals surface area contributed by atoms with E-state index in [4.69, 9.17) is 9.47 Å². The Morgan fingerprint density at radius 3 is 1.48 bits per heavy atom. The van der Waals surface area contributed by atoms with E-state index in [1.54, 1.807) is 0 Å². The molecule has 0 spiro atoms. The normalized spacial score (nSPS) is 19.8. The van der Waals surface area contributed by atoms with Crippen molar-refractivity contribution in [3.63, 3.8) is 0 Å². The second-order valence-electron chi connectivity index (χ2n) is 12.0. The van der Waals surface area contributed by atoms with E-state index in [0.717, 1.165) is 33.4 Å². The van der Waals surface area contributed by atoms with Crippen molar-refractivity contribution in [2.24, 2.45) is 0 Å². The summed E-state index contributed by atoms with van der Waals surface area (Å²) < 4.78 is 12.7. The van der Waals surface area contributed by atoms with Gasteiger partial charge in [-0.1, -0.05) is 107 Å². The first-order valence-electron chi connectivity index (χ1n) is 14.9. The van der Waals surface area contributed by atoms with Crippen molar-refractivity contribution >= 4 is 11.9 Å². The molecule has 2 unspecified atom stereocenters. The summed E-state index contributed by atoms with van der Waals surface area (Å²) in [5.41, 5.74) is 7.57. The molecule has 0 fully saturated rings.